The summed E-state index contributed by atoms with van der Waals surface area (Å²) in [6, 6.07) is 16.7. The third-order valence-corrected chi connectivity index (χ3v) is 1.95. The molecule has 0 saturated heterocycles. The molecule has 2 rings (SSSR count). The van der Waals surface area contributed by atoms with Crippen molar-refractivity contribution in [2.75, 3.05) is 0 Å². The summed E-state index contributed by atoms with van der Waals surface area (Å²) in [5.74, 6) is -0.995. The average molecular weight is 240 g/mol. The molecule has 0 spiro atoms. The second-order valence-electron chi connectivity index (χ2n) is 3.07. The van der Waals surface area contributed by atoms with Gasteiger partial charge in [0.15, 0.2) is 0 Å². The number of carbonyl (C=O) groups is 1. The van der Waals surface area contributed by atoms with Gasteiger partial charge in [-0.15, -0.1) is 0 Å². The van der Waals surface area contributed by atoms with Crippen LogP contribution in [-0.2, 0) is 4.79 Å². The van der Waals surface area contributed by atoms with Crippen LogP contribution in [0.3, 0.4) is 0 Å². The minimum atomic E-state index is -0.995. The number of aliphatic carboxylic acids is 1. The van der Waals surface area contributed by atoms with Crippen molar-refractivity contribution in [3.8, 4) is 0 Å². The minimum Gasteiger partial charge on any atom is -0.550 e. The van der Waals surface area contributed by atoms with Crippen molar-refractivity contribution in [1.29, 1.82) is 0 Å². The number of rotatable bonds is 1. The van der Waals surface area contributed by atoms with E-state index in [4.69, 9.17) is 0 Å². The molecule has 0 saturated carbocycles. The van der Waals surface area contributed by atoms with Crippen molar-refractivity contribution < 1.29 is 61.3 Å². The van der Waals surface area contributed by atoms with E-state index in [-0.39, 0.29) is 57.8 Å². The summed E-state index contributed by atoms with van der Waals surface area (Å²) in [5, 5.41) is 11.9. The number of hydrogen-bond acceptors (Lipinski definition) is 2. The Kier molecular flexibility index (Phi) is 8.79. The van der Waals surface area contributed by atoms with Gasteiger partial charge in [0.05, 0.1) is 0 Å². The molecular weight excluding hydrogens is 227 g/mol. The van der Waals surface area contributed by atoms with E-state index in [2.05, 4.69) is 48.5 Å². The molecule has 0 atom stereocenters. The van der Waals surface area contributed by atoms with Gasteiger partial charge in [-0.05, 0) is 17.2 Å². The van der Waals surface area contributed by atoms with Crippen LogP contribution in [0.5, 0.6) is 0 Å². The van der Waals surface area contributed by atoms with Gasteiger partial charge < -0.3 is 9.90 Å². The summed E-state index contributed by atoms with van der Waals surface area (Å²) in [5.41, 5.74) is 0. The maximum atomic E-state index is 9.26. The quantitative estimate of drug-likeness (QED) is 0.599. The molecule has 3 heteroatoms. The van der Waals surface area contributed by atoms with Crippen molar-refractivity contribution in [1.82, 2.24) is 0 Å². The van der Waals surface area contributed by atoms with Gasteiger partial charge in [0, 0.05) is 5.97 Å². The topological polar surface area (TPSA) is 40.1 Å². The zero-order valence-corrected chi connectivity index (χ0v) is 12.8. The summed E-state index contributed by atoms with van der Waals surface area (Å²) in [4.78, 5) is 9.26. The van der Waals surface area contributed by atoms with E-state index in [1.807, 2.05) is 0 Å². The van der Waals surface area contributed by atoms with Crippen LogP contribution in [0, 0.1) is 0 Å². The second kappa shape index (κ2) is 8.90. The fourth-order valence-corrected chi connectivity index (χ4v) is 1.13. The van der Waals surface area contributed by atoms with Crippen molar-refractivity contribution in [2.45, 2.75) is 13.3 Å². The minimum absolute atomic E-state index is 0. The zero-order valence-electron chi connectivity index (χ0n) is 9.64. The van der Waals surface area contributed by atoms with Gasteiger partial charge in [-0.2, -0.15) is 0 Å². The first kappa shape index (κ1) is 15.8. The first-order valence-corrected chi connectivity index (χ1v) is 4.87. The molecule has 0 unspecified atom stereocenters. The predicted octanol–water partition coefficient (Wildman–Crippen LogP) is -1.01. The molecular formula is C13H13KO2. The smallest absolute Gasteiger partial charge is 0.550 e. The van der Waals surface area contributed by atoms with Crippen LogP contribution in [0.4, 0.5) is 0 Å². The Labute approximate surface area is 138 Å². The summed E-state index contributed by atoms with van der Waals surface area (Å²) < 4.78 is 0. The Bertz CT molecular complexity index is 375. The largest absolute Gasteiger partial charge is 1.00 e. The Morgan fingerprint density at radius 2 is 1.25 bits per heavy atom. The Hall–Kier alpha value is -0.194. The molecule has 0 aliphatic heterocycles. The summed E-state index contributed by atoms with van der Waals surface area (Å²) in [7, 11) is 0. The monoisotopic (exact) mass is 240 g/mol. The number of carboxylic acid groups (broad SMARTS) is 1. The SMILES string of the molecule is CCC(=O)[O-].[K+].c1ccc2ccccc2c1. The van der Waals surface area contributed by atoms with Crippen LogP contribution in [0.15, 0.2) is 48.5 Å². The van der Waals surface area contributed by atoms with E-state index < -0.39 is 5.97 Å². The van der Waals surface area contributed by atoms with Gasteiger partial charge >= 0.3 is 51.4 Å². The van der Waals surface area contributed by atoms with Crippen molar-refractivity contribution in [2.24, 2.45) is 0 Å². The van der Waals surface area contributed by atoms with Crippen molar-refractivity contribution >= 4 is 16.7 Å². The molecule has 78 valence electrons. The molecule has 0 radical (unpaired) electrons. The average Bonchev–Trinajstić information content (AvgIpc) is 2.30. The number of carboxylic acids is 1. The van der Waals surface area contributed by atoms with E-state index >= 15 is 0 Å². The summed E-state index contributed by atoms with van der Waals surface area (Å²) in [6.45, 7) is 1.54. The van der Waals surface area contributed by atoms with E-state index in [1.165, 1.54) is 17.7 Å². The van der Waals surface area contributed by atoms with Crippen LogP contribution >= 0.6 is 0 Å². The molecule has 0 aromatic heterocycles. The number of fused-ring (bicyclic) bond motifs is 1. The first-order chi connectivity index (χ1) is 7.24. The molecule has 16 heavy (non-hydrogen) atoms. The van der Waals surface area contributed by atoms with Gasteiger partial charge in [0.25, 0.3) is 0 Å². The van der Waals surface area contributed by atoms with Crippen LogP contribution in [-0.4, -0.2) is 5.97 Å². The molecule has 0 heterocycles. The Balaban J connectivity index is 0.000000330. The van der Waals surface area contributed by atoms with Crippen molar-refractivity contribution in [3.63, 3.8) is 0 Å². The molecule has 0 N–H and O–H groups in total. The maximum absolute atomic E-state index is 9.26. The molecule has 0 aliphatic carbocycles. The molecule has 0 amide bonds. The van der Waals surface area contributed by atoms with Crippen molar-refractivity contribution in [3.05, 3.63) is 48.5 Å². The summed E-state index contributed by atoms with van der Waals surface area (Å²) >= 11 is 0. The fraction of sp³-hybridized carbons (Fsp3) is 0.154. The molecule has 2 aromatic carbocycles. The Morgan fingerprint density at radius 1 is 1.00 bits per heavy atom. The first-order valence-electron chi connectivity index (χ1n) is 4.87. The third-order valence-electron chi connectivity index (χ3n) is 1.95. The molecule has 2 nitrogen and oxygen atoms in total. The Morgan fingerprint density at radius 3 is 1.44 bits per heavy atom. The van der Waals surface area contributed by atoms with E-state index in [9.17, 15) is 9.90 Å². The van der Waals surface area contributed by atoms with Crippen LogP contribution in [0.2, 0.25) is 0 Å². The number of hydrogen-bond donors (Lipinski definition) is 0. The number of benzene rings is 2. The fourth-order valence-electron chi connectivity index (χ4n) is 1.13. The summed E-state index contributed by atoms with van der Waals surface area (Å²) in [6.07, 6.45) is 0.111. The standard InChI is InChI=1S/C10H8.C3H6O2.K/c1-2-6-10-8-4-3-7-9(10)5-1;1-2-3(4)5;/h1-8H;2H2,1H3,(H,4,5);/q;;+1/p-1. The zero-order chi connectivity index (χ0) is 11.1. The van der Waals surface area contributed by atoms with Gasteiger partial charge in [-0.25, -0.2) is 0 Å². The maximum Gasteiger partial charge on any atom is 1.00 e. The predicted molar refractivity (Wildman–Crippen MR) is 59.2 cm³/mol. The normalized spacial score (nSPS) is 8.56. The van der Waals surface area contributed by atoms with Gasteiger partial charge in [0.2, 0.25) is 0 Å². The van der Waals surface area contributed by atoms with Gasteiger partial charge in [-0.3, -0.25) is 0 Å². The second-order valence-corrected chi connectivity index (χ2v) is 3.07. The van der Waals surface area contributed by atoms with Gasteiger partial charge in [-0.1, -0.05) is 55.5 Å². The van der Waals surface area contributed by atoms with Gasteiger partial charge in [0.1, 0.15) is 0 Å². The van der Waals surface area contributed by atoms with E-state index in [1.54, 1.807) is 0 Å². The molecule has 0 bridgehead atoms. The molecule has 0 fully saturated rings. The van der Waals surface area contributed by atoms with Crippen LogP contribution in [0.25, 0.3) is 10.8 Å². The molecule has 2 aromatic rings. The molecule has 0 aliphatic rings. The number of carbonyl (C=O) groups excluding carboxylic acids is 1. The van der Waals surface area contributed by atoms with E-state index in [0.717, 1.165) is 0 Å². The van der Waals surface area contributed by atoms with Crippen LogP contribution in [0.1, 0.15) is 13.3 Å². The third kappa shape index (κ3) is 5.77. The van der Waals surface area contributed by atoms with Crippen LogP contribution < -0.4 is 56.5 Å². The van der Waals surface area contributed by atoms with E-state index in [0.29, 0.717) is 0 Å².